The summed E-state index contributed by atoms with van der Waals surface area (Å²) in [7, 11) is 0. The number of anilines is 1. The Hall–Kier alpha value is -1.30. The molecule has 0 fully saturated rings. The predicted molar refractivity (Wildman–Crippen MR) is 79.4 cm³/mol. The number of hydrogen-bond acceptors (Lipinski definition) is 3. The second-order valence-electron chi connectivity index (χ2n) is 6.16. The van der Waals surface area contributed by atoms with Crippen LogP contribution in [-0.4, -0.2) is 29.8 Å². The van der Waals surface area contributed by atoms with Gasteiger partial charge in [0, 0.05) is 24.8 Å². The van der Waals surface area contributed by atoms with E-state index in [1.54, 1.807) is 12.3 Å². The highest BCUT2D eigenvalue weighted by Crippen LogP contribution is 2.21. The number of hydrogen-bond donors (Lipinski definition) is 1. The fourth-order valence-corrected chi connectivity index (χ4v) is 1.84. The Balaban J connectivity index is 2.73. The van der Waals surface area contributed by atoms with Crippen LogP contribution in [0.3, 0.4) is 0 Å². The van der Waals surface area contributed by atoms with Crippen LogP contribution >= 0.6 is 0 Å². The molecule has 0 amide bonds. The van der Waals surface area contributed by atoms with Crippen molar-refractivity contribution < 1.29 is 13.2 Å². The van der Waals surface area contributed by atoms with Gasteiger partial charge in [0.15, 0.2) is 0 Å². The summed E-state index contributed by atoms with van der Waals surface area (Å²) >= 11 is 0. The van der Waals surface area contributed by atoms with Gasteiger partial charge in [-0.2, -0.15) is 13.2 Å². The van der Waals surface area contributed by atoms with E-state index in [0.717, 1.165) is 5.56 Å². The lowest BCUT2D eigenvalue weighted by molar-refractivity contribution is -0.119. The normalized spacial score (nSPS) is 12.5. The molecule has 0 saturated carbocycles. The average molecular weight is 303 g/mol. The van der Waals surface area contributed by atoms with E-state index in [0.29, 0.717) is 25.3 Å². The molecule has 0 atom stereocenters. The zero-order valence-electron chi connectivity index (χ0n) is 13.1. The number of rotatable bonds is 6. The van der Waals surface area contributed by atoms with Gasteiger partial charge in [-0.05, 0) is 38.8 Å². The van der Waals surface area contributed by atoms with Crippen molar-refractivity contribution in [3.05, 3.63) is 23.9 Å². The number of pyridine rings is 1. The van der Waals surface area contributed by atoms with Crippen LogP contribution in [0.1, 0.15) is 39.7 Å². The van der Waals surface area contributed by atoms with Gasteiger partial charge in [0.2, 0.25) is 0 Å². The van der Waals surface area contributed by atoms with Crippen LogP contribution in [0.5, 0.6) is 0 Å². The molecule has 0 bridgehead atoms. The highest BCUT2D eigenvalue weighted by Gasteiger charge is 2.31. The van der Waals surface area contributed by atoms with E-state index in [4.69, 9.17) is 0 Å². The summed E-state index contributed by atoms with van der Waals surface area (Å²) in [5.74, 6) is 0.369. The maximum absolute atomic E-state index is 12.6. The first-order valence-electron chi connectivity index (χ1n) is 7.12. The monoisotopic (exact) mass is 303 g/mol. The number of halogens is 3. The first-order chi connectivity index (χ1) is 9.61. The fourth-order valence-electron chi connectivity index (χ4n) is 1.84. The van der Waals surface area contributed by atoms with Gasteiger partial charge in [-0.1, -0.05) is 13.0 Å². The molecular formula is C15H24F3N3. The summed E-state index contributed by atoms with van der Waals surface area (Å²) in [6.07, 6.45) is -1.94. The van der Waals surface area contributed by atoms with Gasteiger partial charge >= 0.3 is 6.18 Å². The molecule has 6 heteroatoms. The van der Waals surface area contributed by atoms with E-state index in [-0.39, 0.29) is 5.54 Å². The summed E-state index contributed by atoms with van der Waals surface area (Å²) in [6, 6.07) is 3.47. The Bertz CT molecular complexity index is 421. The van der Waals surface area contributed by atoms with Crippen LogP contribution in [0.25, 0.3) is 0 Å². The first-order valence-corrected chi connectivity index (χ1v) is 7.12. The maximum atomic E-state index is 12.6. The number of nitrogens with zero attached hydrogens (tertiary/aromatic N) is 2. The van der Waals surface area contributed by atoms with Crippen LogP contribution in [0.4, 0.5) is 19.0 Å². The Kier molecular flexibility index (Phi) is 6.01. The van der Waals surface area contributed by atoms with Gasteiger partial charge in [-0.3, -0.25) is 0 Å². The van der Waals surface area contributed by atoms with E-state index in [1.165, 1.54) is 4.90 Å². The van der Waals surface area contributed by atoms with Crippen LogP contribution < -0.4 is 10.2 Å². The van der Waals surface area contributed by atoms with E-state index in [9.17, 15) is 13.2 Å². The second-order valence-corrected chi connectivity index (χ2v) is 6.16. The molecule has 1 rings (SSSR count). The first kappa shape index (κ1) is 17.8. The zero-order chi connectivity index (χ0) is 16.1. The van der Waals surface area contributed by atoms with Gasteiger partial charge in [0.1, 0.15) is 12.4 Å². The Morgan fingerprint density at radius 2 is 1.86 bits per heavy atom. The second kappa shape index (κ2) is 7.11. The van der Waals surface area contributed by atoms with Crippen molar-refractivity contribution >= 4 is 5.82 Å². The summed E-state index contributed by atoms with van der Waals surface area (Å²) in [4.78, 5) is 5.43. The van der Waals surface area contributed by atoms with Crippen molar-refractivity contribution in [2.24, 2.45) is 0 Å². The largest absolute Gasteiger partial charge is 0.405 e. The van der Waals surface area contributed by atoms with Crippen molar-refractivity contribution in [3.63, 3.8) is 0 Å². The number of nitrogens with one attached hydrogen (secondary N) is 1. The molecule has 1 heterocycles. The standard InChI is InChI=1S/C15H24F3N3/c1-5-8-21(11-15(16,17)18)13-7-6-12(9-19-13)10-20-14(2,3)4/h6-7,9,20H,5,8,10-11H2,1-4H3. The van der Waals surface area contributed by atoms with E-state index in [1.807, 2.05) is 13.0 Å². The Morgan fingerprint density at radius 3 is 2.29 bits per heavy atom. The highest BCUT2D eigenvalue weighted by atomic mass is 19.4. The lowest BCUT2D eigenvalue weighted by atomic mass is 10.1. The van der Waals surface area contributed by atoms with Gasteiger partial charge in [-0.15, -0.1) is 0 Å². The molecule has 0 aliphatic carbocycles. The molecule has 0 radical (unpaired) electrons. The molecular weight excluding hydrogens is 279 g/mol. The predicted octanol–water partition coefficient (Wildman–Crippen LogP) is 3.75. The summed E-state index contributed by atoms with van der Waals surface area (Å²) in [5.41, 5.74) is 0.945. The maximum Gasteiger partial charge on any atom is 0.405 e. The van der Waals surface area contributed by atoms with Crippen molar-refractivity contribution in [3.8, 4) is 0 Å². The van der Waals surface area contributed by atoms with Crippen LogP contribution in [0.15, 0.2) is 18.3 Å². The molecule has 0 aliphatic rings. The lowest BCUT2D eigenvalue weighted by Crippen LogP contribution is -2.36. The molecule has 1 aromatic rings. The topological polar surface area (TPSA) is 28.2 Å². The lowest BCUT2D eigenvalue weighted by Gasteiger charge is -2.25. The summed E-state index contributed by atoms with van der Waals surface area (Å²) < 4.78 is 37.7. The Morgan fingerprint density at radius 1 is 1.19 bits per heavy atom. The molecule has 1 aromatic heterocycles. The molecule has 0 aromatic carbocycles. The van der Waals surface area contributed by atoms with Crippen molar-refractivity contribution in [1.82, 2.24) is 10.3 Å². The average Bonchev–Trinajstić information content (AvgIpc) is 2.34. The minimum atomic E-state index is -4.22. The molecule has 0 saturated heterocycles. The molecule has 1 N–H and O–H groups in total. The van der Waals surface area contributed by atoms with Crippen molar-refractivity contribution in [2.75, 3.05) is 18.0 Å². The van der Waals surface area contributed by atoms with Gasteiger partial charge in [0.05, 0.1) is 0 Å². The van der Waals surface area contributed by atoms with Crippen LogP contribution in [0.2, 0.25) is 0 Å². The molecule has 0 aliphatic heterocycles. The molecule has 0 spiro atoms. The van der Waals surface area contributed by atoms with E-state index >= 15 is 0 Å². The van der Waals surface area contributed by atoms with E-state index in [2.05, 4.69) is 31.1 Å². The zero-order valence-corrected chi connectivity index (χ0v) is 13.1. The smallest absolute Gasteiger partial charge is 0.348 e. The third-order valence-electron chi connectivity index (χ3n) is 2.82. The van der Waals surface area contributed by atoms with Gasteiger partial charge < -0.3 is 10.2 Å². The minimum absolute atomic E-state index is 0.0107. The minimum Gasteiger partial charge on any atom is -0.348 e. The quantitative estimate of drug-likeness (QED) is 0.867. The summed E-state index contributed by atoms with van der Waals surface area (Å²) in [5, 5.41) is 3.32. The van der Waals surface area contributed by atoms with Crippen LogP contribution in [-0.2, 0) is 6.54 Å². The van der Waals surface area contributed by atoms with Crippen LogP contribution in [0, 0.1) is 0 Å². The molecule has 3 nitrogen and oxygen atoms in total. The number of aromatic nitrogens is 1. The Labute approximate surface area is 124 Å². The summed E-state index contributed by atoms with van der Waals surface area (Å²) in [6.45, 7) is 8.04. The number of alkyl halides is 3. The van der Waals surface area contributed by atoms with Gasteiger partial charge in [-0.25, -0.2) is 4.98 Å². The molecule has 21 heavy (non-hydrogen) atoms. The van der Waals surface area contributed by atoms with E-state index < -0.39 is 12.7 Å². The third-order valence-corrected chi connectivity index (χ3v) is 2.82. The molecule has 0 unspecified atom stereocenters. The third kappa shape index (κ3) is 7.32. The van der Waals surface area contributed by atoms with Gasteiger partial charge in [0.25, 0.3) is 0 Å². The fraction of sp³-hybridized carbons (Fsp3) is 0.667. The highest BCUT2D eigenvalue weighted by molar-refractivity contribution is 5.39. The SMILES string of the molecule is CCCN(CC(F)(F)F)c1ccc(CNC(C)(C)C)cn1. The van der Waals surface area contributed by atoms with Crippen molar-refractivity contribution in [1.29, 1.82) is 0 Å². The molecule has 120 valence electrons. The van der Waals surface area contributed by atoms with Crippen molar-refractivity contribution in [2.45, 2.75) is 52.4 Å².